The van der Waals surface area contributed by atoms with Crippen LogP contribution >= 0.6 is 0 Å². The molecule has 1 aromatic carbocycles. The summed E-state index contributed by atoms with van der Waals surface area (Å²) in [6.07, 6.45) is 1.91. The van der Waals surface area contributed by atoms with Crippen LogP contribution in [-0.4, -0.2) is 65.2 Å². The maximum atomic E-state index is 13.1. The van der Waals surface area contributed by atoms with Crippen molar-refractivity contribution in [1.29, 1.82) is 0 Å². The highest BCUT2D eigenvalue weighted by molar-refractivity contribution is 7.89. The van der Waals surface area contributed by atoms with Crippen molar-refractivity contribution in [2.75, 3.05) is 40.5 Å². The summed E-state index contributed by atoms with van der Waals surface area (Å²) >= 11 is 0. The minimum absolute atomic E-state index is 0.0226. The molecule has 164 valence electrons. The van der Waals surface area contributed by atoms with Crippen LogP contribution < -0.4 is 14.8 Å². The van der Waals surface area contributed by atoms with Crippen LogP contribution in [0.3, 0.4) is 0 Å². The highest BCUT2D eigenvalue weighted by atomic mass is 32.2. The predicted octanol–water partition coefficient (Wildman–Crippen LogP) is 2.04. The number of piperidine rings is 1. The number of amides is 1. The molecule has 1 aromatic rings. The summed E-state index contributed by atoms with van der Waals surface area (Å²) in [5, 5.41) is 2.92. The molecule has 0 aliphatic carbocycles. The molecule has 2 rings (SSSR count). The van der Waals surface area contributed by atoms with E-state index < -0.39 is 10.0 Å². The molecule has 8 nitrogen and oxygen atoms in total. The molecular formula is C20H32N2O6S. The van der Waals surface area contributed by atoms with Crippen LogP contribution in [0.2, 0.25) is 0 Å². The standard InChI is InChI=1S/C20H32N2O6S/c1-15(2)28-13-5-10-21-20(23)16-8-11-22(12-9-16)29(24,25)19-14-17(26-3)6-7-18(19)27-4/h6-7,14-16H,5,8-13H2,1-4H3,(H,21,23). The van der Waals surface area contributed by atoms with Gasteiger partial charge >= 0.3 is 0 Å². The van der Waals surface area contributed by atoms with E-state index >= 15 is 0 Å². The van der Waals surface area contributed by atoms with E-state index in [2.05, 4.69) is 5.32 Å². The number of carbonyl (C=O) groups is 1. The molecule has 0 radical (unpaired) electrons. The number of methoxy groups -OCH3 is 2. The fraction of sp³-hybridized carbons (Fsp3) is 0.650. The van der Waals surface area contributed by atoms with Gasteiger partial charge in [-0.05, 0) is 45.2 Å². The fourth-order valence-corrected chi connectivity index (χ4v) is 4.87. The van der Waals surface area contributed by atoms with Crippen LogP contribution in [0.4, 0.5) is 0 Å². The number of rotatable bonds is 10. The average Bonchev–Trinajstić information content (AvgIpc) is 2.72. The maximum Gasteiger partial charge on any atom is 0.246 e. The SMILES string of the molecule is COc1ccc(OC)c(S(=O)(=O)N2CCC(C(=O)NCCCOC(C)C)CC2)c1. The Morgan fingerprint density at radius 3 is 2.48 bits per heavy atom. The van der Waals surface area contributed by atoms with Crippen molar-refractivity contribution in [1.82, 2.24) is 9.62 Å². The molecule has 0 spiro atoms. The molecule has 1 saturated heterocycles. The van der Waals surface area contributed by atoms with Gasteiger partial charge in [0.1, 0.15) is 16.4 Å². The summed E-state index contributed by atoms with van der Waals surface area (Å²) in [5.74, 6) is 0.514. The van der Waals surface area contributed by atoms with Gasteiger partial charge in [0.15, 0.2) is 0 Å². The maximum absolute atomic E-state index is 13.1. The summed E-state index contributed by atoms with van der Waals surface area (Å²) < 4.78 is 43.4. The number of hydrogen-bond donors (Lipinski definition) is 1. The molecule has 0 atom stereocenters. The quantitative estimate of drug-likeness (QED) is 0.573. The number of nitrogens with zero attached hydrogens (tertiary/aromatic N) is 1. The first kappa shape index (κ1) is 23.4. The lowest BCUT2D eigenvalue weighted by Crippen LogP contribution is -2.43. The van der Waals surface area contributed by atoms with E-state index in [0.29, 0.717) is 31.7 Å². The van der Waals surface area contributed by atoms with Crippen molar-refractivity contribution in [3.05, 3.63) is 18.2 Å². The second kappa shape index (κ2) is 10.8. The number of benzene rings is 1. The van der Waals surface area contributed by atoms with Crippen LogP contribution in [0.25, 0.3) is 0 Å². The topological polar surface area (TPSA) is 94.2 Å². The first-order valence-corrected chi connectivity index (χ1v) is 11.3. The molecule has 1 fully saturated rings. The third kappa shape index (κ3) is 6.32. The van der Waals surface area contributed by atoms with Crippen molar-refractivity contribution in [2.45, 2.75) is 44.1 Å². The number of nitrogens with one attached hydrogen (secondary N) is 1. The predicted molar refractivity (Wildman–Crippen MR) is 110 cm³/mol. The zero-order valence-electron chi connectivity index (χ0n) is 17.6. The summed E-state index contributed by atoms with van der Waals surface area (Å²) in [5.41, 5.74) is 0. The highest BCUT2D eigenvalue weighted by Crippen LogP contribution is 2.32. The van der Waals surface area contributed by atoms with E-state index in [1.165, 1.54) is 24.6 Å². The van der Waals surface area contributed by atoms with E-state index in [1.807, 2.05) is 13.8 Å². The van der Waals surface area contributed by atoms with Gasteiger partial charge in [0, 0.05) is 38.2 Å². The van der Waals surface area contributed by atoms with Gasteiger partial charge in [-0.3, -0.25) is 4.79 Å². The Bertz CT molecular complexity index is 773. The first-order valence-electron chi connectivity index (χ1n) is 9.91. The molecule has 0 saturated carbocycles. The molecule has 1 N–H and O–H groups in total. The van der Waals surface area contributed by atoms with Gasteiger partial charge < -0.3 is 19.5 Å². The lowest BCUT2D eigenvalue weighted by Gasteiger charge is -2.31. The van der Waals surface area contributed by atoms with E-state index in [-0.39, 0.29) is 41.7 Å². The lowest BCUT2D eigenvalue weighted by molar-refractivity contribution is -0.126. The van der Waals surface area contributed by atoms with Gasteiger partial charge in [-0.15, -0.1) is 0 Å². The van der Waals surface area contributed by atoms with Crippen LogP contribution in [-0.2, 0) is 19.6 Å². The monoisotopic (exact) mass is 428 g/mol. The lowest BCUT2D eigenvalue weighted by atomic mass is 9.97. The number of sulfonamides is 1. The Balaban J connectivity index is 1.92. The first-order chi connectivity index (χ1) is 13.8. The normalized spacial score (nSPS) is 16.0. The Labute approximate surface area is 173 Å². The van der Waals surface area contributed by atoms with Crippen molar-refractivity contribution in [3.8, 4) is 11.5 Å². The smallest absolute Gasteiger partial charge is 0.246 e. The van der Waals surface area contributed by atoms with Crippen molar-refractivity contribution >= 4 is 15.9 Å². The summed E-state index contributed by atoms with van der Waals surface area (Å²) in [7, 11) is -0.821. The van der Waals surface area contributed by atoms with E-state index in [9.17, 15) is 13.2 Å². The van der Waals surface area contributed by atoms with E-state index in [4.69, 9.17) is 14.2 Å². The molecule has 0 bridgehead atoms. The third-order valence-electron chi connectivity index (χ3n) is 4.88. The van der Waals surface area contributed by atoms with Gasteiger partial charge in [-0.25, -0.2) is 8.42 Å². The highest BCUT2D eigenvalue weighted by Gasteiger charge is 2.33. The zero-order valence-corrected chi connectivity index (χ0v) is 18.5. The van der Waals surface area contributed by atoms with Crippen LogP contribution in [0.15, 0.2) is 23.1 Å². The largest absolute Gasteiger partial charge is 0.497 e. The minimum Gasteiger partial charge on any atom is -0.497 e. The molecule has 1 aliphatic heterocycles. The number of hydrogen-bond acceptors (Lipinski definition) is 6. The van der Waals surface area contributed by atoms with Crippen LogP contribution in [0.1, 0.15) is 33.1 Å². The molecule has 0 aromatic heterocycles. The average molecular weight is 429 g/mol. The van der Waals surface area contributed by atoms with Gasteiger partial charge in [-0.1, -0.05) is 0 Å². The summed E-state index contributed by atoms with van der Waals surface area (Å²) in [4.78, 5) is 12.4. The minimum atomic E-state index is -3.74. The molecule has 0 unspecified atom stereocenters. The van der Waals surface area contributed by atoms with Crippen molar-refractivity contribution in [3.63, 3.8) is 0 Å². The molecular weight excluding hydrogens is 396 g/mol. The van der Waals surface area contributed by atoms with E-state index in [1.54, 1.807) is 12.1 Å². The van der Waals surface area contributed by atoms with E-state index in [0.717, 1.165) is 6.42 Å². The van der Waals surface area contributed by atoms with Gasteiger partial charge in [0.05, 0.1) is 20.3 Å². The Hall–Kier alpha value is -1.84. The fourth-order valence-electron chi connectivity index (χ4n) is 3.23. The van der Waals surface area contributed by atoms with Crippen molar-refractivity contribution < 1.29 is 27.4 Å². The third-order valence-corrected chi connectivity index (χ3v) is 6.80. The van der Waals surface area contributed by atoms with Gasteiger partial charge in [-0.2, -0.15) is 4.31 Å². The molecule has 1 amide bonds. The van der Waals surface area contributed by atoms with Crippen molar-refractivity contribution in [2.24, 2.45) is 5.92 Å². The van der Waals surface area contributed by atoms with Crippen LogP contribution in [0, 0.1) is 5.92 Å². The molecule has 9 heteroatoms. The molecule has 29 heavy (non-hydrogen) atoms. The number of ether oxygens (including phenoxy) is 3. The van der Waals surface area contributed by atoms with Crippen LogP contribution in [0.5, 0.6) is 11.5 Å². The molecule has 1 aliphatic rings. The zero-order chi connectivity index (χ0) is 21.4. The number of carbonyl (C=O) groups excluding carboxylic acids is 1. The van der Waals surface area contributed by atoms with Gasteiger partial charge in [0.2, 0.25) is 15.9 Å². The Morgan fingerprint density at radius 2 is 1.90 bits per heavy atom. The molecule has 1 heterocycles. The second-order valence-electron chi connectivity index (χ2n) is 7.26. The summed E-state index contributed by atoms with van der Waals surface area (Å²) in [6.45, 7) is 5.69. The summed E-state index contributed by atoms with van der Waals surface area (Å²) in [6, 6.07) is 4.70. The Morgan fingerprint density at radius 1 is 1.21 bits per heavy atom. The second-order valence-corrected chi connectivity index (χ2v) is 9.17. The Kier molecular flexibility index (Phi) is 8.73. The van der Waals surface area contributed by atoms with Gasteiger partial charge in [0.25, 0.3) is 0 Å².